The minimum absolute atomic E-state index is 0.209. The summed E-state index contributed by atoms with van der Waals surface area (Å²) in [7, 11) is -3.59. The van der Waals surface area contributed by atoms with Crippen LogP contribution >= 0.6 is 11.3 Å². The van der Waals surface area contributed by atoms with Crippen molar-refractivity contribution in [1.82, 2.24) is 14.3 Å². The van der Waals surface area contributed by atoms with Crippen LogP contribution < -0.4 is 4.90 Å². The molecule has 7 nitrogen and oxygen atoms in total. The van der Waals surface area contributed by atoms with E-state index in [0.717, 1.165) is 39.9 Å². The molecular weight excluding hydrogens is 504 g/mol. The first-order valence-electron chi connectivity index (χ1n) is 12.4. The van der Waals surface area contributed by atoms with Gasteiger partial charge in [0.1, 0.15) is 0 Å². The predicted octanol–water partition coefficient (Wildman–Crippen LogP) is 5.58. The molecule has 2 aromatic carbocycles. The molecule has 1 fully saturated rings. The number of aryl methyl sites for hydroxylation is 2. The lowest BCUT2D eigenvalue weighted by Gasteiger charge is -2.29. The molecule has 0 aliphatic carbocycles. The summed E-state index contributed by atoms with van der Waals surface area (Å²) in [4.78, 5) is 24.9. The maximum Gasteiger partial charge on any atom is 0.260 e. The fourth-order valence-electron chi connectivity index (χ4n) is 4.54. The smallest absolute Gasteiger partial charge is 0.260 e. The molecule has 1 aliphatic heterocycles. The van der Waals surface area contributed by atoms with Gasteiger partial charge in [0, 0.05) is 24.8 Å². The predicted molar refractivity (Wildman–Crippen MR) is 147 cm³/mol. The number of hydrogen-bond acceptors (Lipinski definition) is 6. The van der Waals surface area contributed by atoms with Gasteiger partial charge in [-0.3, -0.25) is 14.7 Å². The second-order valence-corrected chi connectivity index (χ2v) is 12.6. The highest BCUT2D eigenvalue weighted by atomic mass is 32.2. The third kappa shape index (κ3) is 5.16. The Morgan fingerprint density at radius 2 is 1.73 bits per heavy atom. The molecule has 3 heterocycles. The number of fused-ring (bicyclic) bond motifs is 1. The van der Waals surface area contributed by atoms with E-state index >= 15 is 0 Å². The average Bonchev–Trinajstić information content (AvgIpc) is 3.37. The Morgan fingerprint density at radius 1 is 1.03 bits per heavy atom. The number of rotatable bonds is 6. The Bertz CT molecular complexity index is 1490. The van der Waals surface area contributed by atoms with E-state index in [1.165, 1.54) is 23.5 Å². The third-order valence-electron chi connectivity index (χ3n) is 6.93. The number of pyridine rings is 1. The Morgan fingerprint density at radius 3 is 2.38 bits per heavy atom. The third-order valence-corrected chi connectivity index (χ3v) is 10.1. The van der Waals surface area contributed by atoms with Gasteiger partial charge in [0.2, 0.25) is 10.0 Å². The van der Waals surface area contributed by atoms with Crippen molar-refractivity contribution in [1.29, 1.82) is 0 Å². The number of anilines is 1. The maximum atomic E-state index is 13.8. The zero-order chi connectivity index (χ0) is 26.2. The summed E-state index contributed by atoms with van der Waals surface area (Å²) in [6.07, 6.45) is 3.42. The Labute approximate surface area is 221 Å². The zero-order valence-corrected chi connectivity index (χ0v) is 22.8. The van der Waals surface area contributed by atoms with E-state index in [1.54, 1.807) is 27.5 Å². The number of sulfonamides is 1. The topological polar surface area (TPSA) is 83.5 Å². The lowest BCUT2D eigenvalue weighted by molar-refractivity contribution is 0.0984. The number of benzene rings is 2. The van der Waals surface area contributed by atoms with Gasteiger partial charge in [-0.15, -0.1) is 0 Å². The highest BCUT2D eigenvalue weighted by molar-refractivity contribution is 7.89. The maximum absolute atomic E-state index is 13.8. The summed E-state index contributed by atoms with van der Waals surface area (Å²) < 4.78 is 28.9. The van der Waals surface area contributed by atoms with E-state index in [-0.39, 0.29) is 17.3 Å². The van der Waals surface area contributed by atoms with Crippen LogP contribution in [0.1, 0.15) is 46.9 Å². The molecule has 192 valence electrons. The summed E-state index contributed by atoms with van der Waals surface area (Å²) in [6.45, 7) is 7.50. The van der Waals surface area contributed by atoms with Crippen molar-refractivity contribution >= 4 is 42.6 Å². The van der Waals surface area contributed by atoms with E-state index in [4.69, 9.17) is 4.98 Å². The number of amides is 1. The first kappa shape index (κ1) is 25.5. The molecule has 0 N–H and O–H groups in total. The van der Waals surface area contributed by atoms with E-state index in [0.29, 0.717) is 29.7 Å². The number of nitrogens with zero attached hydrogens (tertiary/aromatic N) is 4. The first-order chi connectivity index (χ1) is 17.7. The van der Waals surface area contributed by atoms with Crippen molar-refractivity contribution in [3.8, 4) is 0 Å². The fraction of sp³-hybridized carbons (Fsp3) is 0.321. The number of carbonyl (C=O) groups is 1. The van der Waals surface area contributed by atoms with E-state index in [1.807, 2.05) is 38.1 Å². The van der Waals surface area contributed by atoms with Gasteiger partial charge in [0.05, 0.1) is 27.4 Å². The highest BCUT2D eigenvalue weighted by Crippen LogP contribution is 2.34. The van der Waals surface area contributed by atoms with Crippen molar-refractivity contribution in [2.45, 2.75) is 45.1 Å². The molecular formula is C28H30N4O3S2. The average molecular weight is 535 g/mol. The first-order valence-corrected chi connectivity index (χ1v) is 14.7. The van der Waals surface area contributed by atoms with Crippen LogP contribution in [-0.2, 0) is 16.6 Å². The van der Waals surface area contributed by atoms with Crippen LogP contribution in [0.15, 0.2) is 65.7 Å². The summed E-state index contributed by atoms with van der Waals surface area (Å²) in [5.41, 5.74) is 4.18. The summed E-state index contributed by atoms with van der Waals surface area (Å²) in [5, 5.41) is 0.585. The largest absolute Gasteiger partial charge is 0.278 e. The number of aromatic nitrogens is 2. The van der Waals surface area contributed by atoms with Gasteiger partial charge in [-0.1, -0.05) is 36.5 Å². The standard InChI is InChI=1S/C28H30N4O3S2/c1-19-13-16-31(17-14-19)37(34,35)24-11-9-22(10-12-24)27(33)32(18-23-6-4-5-15-29-23)28-30-25-20(2)7-8-21(3)26(25)36-28/h4-12,15,19H,13-14,16-18H2,1-3H3. The van der Waals surface area contributed by atoms with E-state index in [9.17, 15) is 13.2 Å². The molecule has 2 aromatic heterocycles. The lowest BCUT2D eigenvalue weighted by Crippen LogP contribution is -2.37. The van der Waals surface area contributed by atoms with Crippen molar-refractivity contribution in [2.24, 2.45) is 5.92 Å². The lowest BCUT2D eigenvalue weighted by atomic mass is 10.0. The zero-order valence-electron chi connectivity index (χ0n) is 21.2. The second kappa shape index (κ2) is 10.3. The van der Waals surface area contributed by atoms with Gasteiger partial charge in [-0.05, 0) is 80.1 Å². The normalized spacial score (nSPS) is 15.2. The Balaban J connectivity index is 1.47. The molecule has 1 saturated heterocycles. The molecule has 0 saturated carbocycles. The number of carbonyl (C=O) groups excluding carboxylic acids is 1. The SMILES string of the molecule is Cc1ccc(C)c2sc(N(Cc3ccccn3)C(=O)c3ccc(S(=O)(=O)N4CCC(C)CC4)cc3)nc12. The minimum Gasteiger partial charge on any atom is -0.278 e. The van der Waals surface area contributed by atoms with Crippen LogP contribution in [0.3, 0.4) is 0 Å². The number of hydrogen-bond donors (Lipinski definition) is 0. The van der Waals surface area contributed by atoms with Crippen LogP contribution in [-0.4, -0.2) is 41.7 Å². The Hall–Kier alpha value is -3.14. The van der Waals surface area contributed by atoms with Crippen LogP contribution in [0, 0.1) is 19.8 Å². The van der Waals surface area contributed by atoms with Gasteiger partial charge in [-0.2, -0.15) is 4.31 Å². The van der Waals surface area contributed by atoms with Crippen molar-refractivity contribution < 1.29 is 13.2 Å². The van der Waals surface area contributed by atoms with Gasteiger partial charge in [0.15, 0.2) is 5.13 Å². The van der Waals surface area contributed by atoms with Gasteiger partial charge < -0.3 is 0 Å². The van der Waals surface area contributed by atoms with Crippen LogP contribution in [0.4, 0.5) is 5.13 Å². The highest BCUT2D eigenvalue weighted by Gasteiger charge is 2.29. The molecule has 0 unspecified atom stereocenters. The van der Waals surface area contributed by atoms with Crippen LogP contribution in [0.5, 0.6) is 0 Å². The fourth-order valence-corrected chi connectivity index (χ4v) is 7.12. The van der Waals surface area contributed by atoms with Crippen LogP contribution in [0.2, 0.25) is 0 Å². The molecule has 1 aliphatic rings. The molecule has 0 radical (unpaired) electrons. The molecule has 37 heavy (non-hydrogen) atoms. The second-order valence-electron chi connectivity index (χ2n) is 9.70. The minimum atomic E-state index is -3.59. The van der Waals surface area contributed by atoms with Crippen molar-refractivity contribution in [2.75, 3.05) is 18.0 Å². The molecule has 0 bridgehead atoms. The van der Waals surface area contributed by atoms with E-state index < -0.39 is 10.0 Å². The van der Waals surface area contributed by atoms with Gasteiger partial charge in [0.25, 0.3) is 5.91 Å². The number of thiazole rings is 1. The van der Waals surface area contributed by atoms with E-state index in [2.05, 4.69) is 18.0 Å². The molecule has 4 aromatic rings. The molecule has 9 heteroatoms. The monoisotopic (exact) mass is 534 g/mol. The van der Waals surface area contributed by atoms with Gasteiger partial charge >= 0.3 is 0 Å². The molecule has 0 atom stereocenters. The van der Waals surface area contributed by atoms with Crippen molar-refractivity contribution in [3.63, 3.8) is 0 Å². The molecule has 1 amide bonds. The molecule has 5 rings (SSSR count). The van der Waals surface area contributed by atoms with Gasteiger partial charge in [-0.25, -0.2) is 13.4 Å². The summed E-state index contributed by atoms with van der Waals surface area (Å²) >= 11 is 1.48. The molecule has 0 spiro atoms. The summed E-state index contributed by atoms with van der Waals surface area (Å²) in [5.74, 6) is 0.280. The summed E-state index contributed by atoms with van der Waals surface area (Å²) in [6, 6.07) is 16.0. The van der Waals surface area contributed by atoms with Crippen LogP contribution in [0.25, 0.3) is 10.2 Å². The number of piperidine rings is 1. The quantitative estimate of drug-likeness (QED) is 0.323. The van der Waals surface area contributed by atoms with Crippen molar-refractivity contribution in [3.05, 3.63) is 83.2 Å². The Kier molecular flexibility index (Phi) is 7.11.